The van der Waals surface area contributed by atoms with Gasteiger partial charge < -0.3 is 10.2 Å². The van der Waals surface area contributed by atoms with Crippen LogP contribution >= 0.6 is 0 Å². The van der Waals surface area contributed by atoms with Gasteiger partial charge in [0.25, 0.3) is 0 Å². The van der Waals surface area contributed by atoms with Crippen LogP contribution in [0.5, 0.6) is 0 Å². The summed E-state index contributed by atoms with van der Waals surface area (Å²) in [4.78, 5) is 14.4. The molecule has 1 aromatic heterocycles. The zero-order valence-electron chi connectivity index (χ0n) is 17.0. The molecule has 27 heavy (non-hydrogen) atoms. The Morgan fingerprint density at radius 2 is 1.85 bits per heavy atom. The summed E-state index contributed by atoms with van der Waals surface area (Å²) in [6.07, 6.45) is 2.23. The summed E-state index contributed by atoms with van der Waals surface area (Å²) in [6.45, 7) is 12.1. The van der Waals surface area contributed by atoms with Crippen LogP contribution in [0.15, 0.2) is 36.4 Å². The first kappa shape index (κ1) is 19.6. The quantitative estimate of drug-likeness (QED) is 0.894. The number of likely N-dealkylation sites (tertiary alicyclic amines) is 1. The van der Waals surface area contributed by atoms with Gasteiger partial charge in [0.05, 0.1) is 11.2 Å². The molecule has 145 valence electrons. The second kappa shape index (κ2) is 7.47. The molecule has 1 aromatic carbocycles. The van der Waals surface area contributed by atoms with Crippen LogP contribution in [0, 0.1) is 6.92 Å². The fourth-order valence-electron chi connectivity index (χ4n) is 3.87. The third-order valence-corrected chi connectivity index (χ3v) is 5.50. The van der Waals surface area contributed by atoms with E-state index in [9.17, 15) is 4.79 Å². The van der Waals surface area contributed by atoms with E-state index in [0.717, 1.165) is 37.4 Å². The number of hydrogen-bond donors (Lipinski definition) is 1. The molecule has 0 unspecified atom stereocenters. The van der Waals surface area contributed by atoms with E-state index in [4.69, 9.17) is 5.10 Å². The fourth-order valence-corrected chi connectivity index (χ4v) is 3.87. The number of hydrogen-bond acceptors (Lipinski definition) is 3. The summed E-state index contributed by atoms with van der Waals surface area (Å²) in [5.74, 6) is 0.657. The van der Waals surface area contributed by atoms with Gasteiger partial charge in [-0.15, -0.1) is 0 Å². The standard InChI is InChI=1S/C22H31N4O/c1-6-20(27)23-19-16-18(24-26(19)21(2,3)4)22(12-14-25(5)15-13-22)17-10-8-7-9-11-17/h7-11,16H,1,6,12-15H2,2-5H3,(H,23,27). The highest BCUT2D eigenvalue weighted by atomic mass is 16.1. The minimum atomic E-state index is -0.231. The smallest absolute Gasteiger partial charge is 0.225 e. The molecule has 0 spiro atoms. The highest BCUT2D eigenvalue weighted by Gasteiger charge is 2.40. The molecule has 0 bridgehead atoms. The van der Waals surface area contributed by atoms with Gasteiger partial charge in [0.2, 0.25) is 5.91 Å². The number of carbonyl (C=O) groups excluding carboxylic acids is 1. The number of rotatable bonds is 4. The predicted molar refractivity (Wildman–Crippen MR) is 110 cm³/mol. The Morgan fingerprint density at radius 1 is 1.22 bits per heavy atom. The third kappa shape index (κ3) is 3.93. The first-order valence-corrected chi connectivity index (χ1v) is 9.70. The van der Waals surface area contributed by atoms with Crippen molar-refractivity contribution in [2.75, 3.05) is 25.5 Å². The molecule has 1 saturated heterocycles. The van der Waals surface area contributed by atoms with E-state index in [1.165, 1.54) is 5.56 Å². The predicted octanol–water partition coefficient (Wildman–Crippen LogP) is 3.81. The molecular weight excluding hydrogens is 336 g/mol. The molecule has 0 aliphatic carbocycles. The number of aromatic nitrogens is 2. The second-order valence-corrected chi connectivity index (χ2v) is 8.55. The molecule has 2 aromatic rings. The van der Waals surface area contributed by atoms with Gasteiger partial charge in [0.1, 0.15) is 5.82 Å². The Kier molecular flexibility index (Phi) is 5.43. The third-order valence-electron chi connectivity index (χ3n) is 5.50. The first-order chi connectivity index (χ1) is 12.8. The molecule has 1 fully saturated rings. The van der Waals surface area contributed by atoms with E-state index in [2.05, 4.69) is 81.4 Å². The number of amides is 1. The molecular formula is C22H31N4O. The van der Waals surface area contributed by atoms with E-state index in [1.54, 1.807) is 0 Å². The minimum absolute atomic E-state index is 0.0934. The van der Waals surface area contributed by atoms with E-state index in [-0.39, 0.29) is 23.3 Å². The van der Waals surface area contributed by atoms with Crippen LogP contribution in [0.1, 0.15) is 51.3 Å². The zero-order valence-corrected chi connectivity index (χ0v) is 17.0. The van der Waals surface area contributed by atoms with E-state index < -0.39 is 0 Å². The Labute approximate surface area is 162 Å². The maximum atomic E-state index is 12.0. The lowest BCUT2D eigenvalue weighted by Gasteiger charge is -2.40. The van der Waals surface area contributed by atoms with Crippen molar-refractivity contribution < 1.29 is 4.79 Å². The van der Waals surface area contributed by atoms with Crippen LogP contribution in [0.2, 0.25) is 0 Å². The highest BCUT2D eigenvalue weighted by Crippen LogP contribution is 2.42. The number of anilines is 1. The van der Waals surface area contributed by atoms with Gasteiger partial charge >= 0.3 is 0 Å². The van der Waals surface area contributed by atoms with Crippen molar-refractivity contribution in [2.24, 2.45) is 0 Å². The average Bonchev–Trinajstić information content (AvgIpc) is 3.08. The Bertz CT molecular complexity index is 780. The highest BCUT2D eigenvalue weighted by molar-refractivity contribution is 5.90. The van der Waals surface area contributed by atoms with Crippen LogP contribution in [-0.2, 0) is 15.7 Å². The molecule has 0 atom stereocenters. The summed E-state index contributed by atoms with van der Waals surface area (Å²) < 4.78 is 1.94. The second-order valence-electron chi connectivity index (χ2n) is 8.55. The largest absolute Gasteiger partial charge is 0.311 e. The topological polar surface area (TPSA) is 50.2 Å². The van der Waals surface area contributed by atoms with Gasteiger partial charge in [-0.1, -0.05) is 30.3 Å². The number of carbonyl (C=O) groups is 1. The first-order valence-electron chi connectivity index (χ1n) is 9.70. The number of piperidine rings is 1. The van der Waals surface area contributed by atoms with Gasteiger partial charge in [0, 0.05) is 17.9 Å². The average molecular weight is 368 g/mol. The van der Waals surface area contributed by atoms with Crippen molar-refractivity contribution >= 4 is 11.7 Å². The Morgan fingerprint density at radius 3 is 2.41 bits per heavy atom. The van der Waals surface area contributed by atoms with Crippen LogP contribution in [0.4, 0.5) is 5.82 Å². The molecule has 3 rings (SSSR count). The van der Waals surface area contributed by atoms with Crippen LogP contribution in [-0.4, -0.2) is 40.7 Å². The molecule has 2 heterocycles. The van der Waals surface area contributed by atoms with Gasteiger partial charge in [-0.25, -0.2) is 4.68 Å². The summed E-state index contributed by atoms with van der Waals surface area (Å²) in [6, 6.07) is 12.7. The minimum Gasteiger partial charge on any atom is -0.311 e. The van der Waals surface area contributed by atoms with Crippen molar-refractivity contribution in [3.05, 3.63) is 54.6 Å². The van der Waals surface area contributed by atoms with Crippen molar-refractivity contribution in [1.29, 1.82) is 0 Å². The molecule has 1 N–H and O–H groups in total. The normalized spacial score (nSPS) is 17.7. The van der Waals surface area contributed by atoms with Gasteiger partial charge in [0.15, 0.2) is 0 Å². The van der Waals surface area contributed by atoms with Crippen molar-refractivity contribution in [3.8, 4) is 0 Å². The van der Waals surface area contributed by atoms with Crippen molar-refractivity contribution in [3.63, 3.8) is 0 Å². The van der Waals surface area contributed by atoms with Crippen LogP contribution in [0.3, 0.4) is 0 Å². The molecule has 0 saturated carbocycles. The molecule has 5 nitrogen and oxygen atoms in total. The maximum Gasteiger partial charge on any atom is 0.225 e. The SMILES string of the molecule is [CH2]CC(=O)Nc1cc(C2(c3ccccc3)CCN(C)CC2)nn1C(C)(C)C. The van der Waals surface area contributed by atoms with Crippen LogP contribution < -0.4 is 5.32 Å². The van der Waals surface area contributed by atoms with E-state index in [1.807, 2.05) is 4.68 Å². The van der Waals surface area contributed by atoms with E-state index in [0.29, 0.717) is 0 Å². The lowest BCUT2D eigenvalue weighted by atomic mass is 9.70. The van der Waals surface area contributed by atoms with Crippen molar-refractivity contribution in [2.45, 2.75) is 51.0 Å². The monoisotopic (exact) mass is 367 g/mol. The number of nitrogens with zero attached hydrogens (tertiary/aromatic N) is 3. The lowest BCUT2D eigenvalue weighted by molar-refractivity contribution is -0.115. The summed E-state index contributed by atoms with van der Waals surface area (Å²) in [5.41, 5.74) is 1.97. The van der Waals surface area contributed by atoms with Crippen molar-refractivity contribution in [1.82, 2.24) is 14.7 Å². The van der Waals surface area contributed by atoms with E-state index >= 15 is 0 Å². The number of nitrogens with one attached hydrogen (secondary N) is 1. The Balaban J connectivity index is 2.11. The maximum absolute atomic E-state index is 12.0. The summed E-state index contributed by atoms with van der Waals surface area (Å²) >= 11 is 0. The fraction of sp³-hybridized carbons (Fsp3) is 0.500. The summed E-state index contributed by atoms with van der Waals surface area (Å²) in [5, 5.41) is 8.02. The molecule has 1 aliphatic heterocycles. The van der Waals surface area contributed by atoms with Crippen LogP contribution in [0.25, 0.3) is 0 Å². The van der Waals surface area contributed by atoms with Gasteiger partial charge in [-0.05, 0) is 66.2 Å². The van der Waals surface area contributed by atoms with Gasteiger partial charge in [-0.2, -0.15) is 5.10 Å². The lowest BCUT2D eigenvalue weighted by Crippen LogP contribution is -2.42. The molecule has 1 amide bonds. The molecule has 1 aliphatic rings. The summed E-state index contributed by atoms with van der Waals surface area (Å²) in [7, 11) is 2.17. The van der Waals surface area contributed by atoms with Gasteiger partial charge in [-0.3, -0.25) is 4.79 Å². The molecule has 1 radical (unpaired) electrons. The molecule has 5 heteroatoms. The zero-order chi connectivity index (χ0) is 19.7. The number of benzene rings is 1. The Hall–Kier alpha value is -2.14.